The lowest BCUT2D eigenvalue weighted by atomic mass is 10.4. The highest BCUT2D eigenvalue weighted by Gasteiger charge is 2.58. The highest BCUT2D eigenvalue weighted by atomic mass is 28.4. The maximum Gasteiger partial charge on any atom is 0.332 e. The van der Waals surface area contributed by atoms with E-state index in [1.165, 1.54) is 0 Å². The summed E-state index contributed by atoms with van der Waals surface area (Å²) in [7, 11) is -7.11. The van der Waals surface area contributed by atoms with Crippen LogP contribution in [0.1, 0.15) is 40.5 Å². The van der Waals surface area contributed by atoms with Crippen LogP contribution in [0.15, 0.2) is 147 Å². The van der Waals surface area contributed by atoms with Gasteiger partial charge in [-0.15, -0.1) is 0 Å². The summed E-state index contributed by atoms with van der Waals surface area (Å²) in [6, 6.07) is 40.8. The Bertz CT molecular complexity index is 1430. The van der Waals surface area contributed by atoms with Gasteiger partial charge < -0.3 is 23.1 Å². The van der Waals surface area contributed by atoms with E-state index in [1.54, 1.807) is 13.8 Å². The van der Waals surface area contributed by atoms with Crippen molar-refractivity contribution in [2.45, 2.75) is 64.6 Å². The SMILES string of the molecule is C=CC(=O)OC(C)OC(CC)[Si](O[Si](c1ccccc1)(c1ccccc1)C(CC)OC(C)OC(=O)C=C)(c1ccccc1)c1ccccc1. The number of hydrogen-bond acceptors (Lipinski definition) is 7. The van der Waals surface area contributed by atoms with Crippen LogP contribution in [0.5, 0.6) is 0 Å². The van der Waals surface area contributed by atoms with Gasteiger partial charge in [0.25, 0.3) is 16.6 Å². The predicted octanol–water partition coefficient (Wildman–Crippen LogP) is 5.34. The van der Waals surface area contributed by atoms with Gasteiger partial charge in [-0.05, 0) is 47.4 Å². The first-order valence-corrected chi connectivity index (χ1v) is 20.6. The van der Waals surface area contributed by atoms with Crippen LogP contribution in [0.2, 0.25) is 0 Å². The lowest BCUT2D eigenvalue weighted by Gasteiger charge is -2.49. The van der Waals surface area contributed by atoms with Gasteiger partial charge in [0.15, 0.2) is 0 Å². The van der Waals surface area contributed by atoms with Crippen LogP contribution >= 0.6 is 0 Å². The molecule has 0 amide bonds. The van der Waals surface area contributed by atoms with Gasteiger partial charge in [0, 0.05) is 12.2 Å². The first-order chi connectivity index (χ1) is 23.7. The van der Waals surface area contributed by atoms with Crippen molar-refractivity contribution >= 4 is 49.3 Å². The van der Waals surface area contributed by atoms with Crippen LogP contribution in [0, 0.1) is 0 Å². The van der Waals surface area contributed by atoms with Crippen molar-refractivity contribution in [1.82, 2.24) is 0 Å². The van der Waals surface area contributed by atoms with Gasteiger partial charge >= 0.3 is 11.9 Å². The number of carbonyl (C=O) groups is 2. The van der Waals surface area contributed by atoms with Crippen LogP contribution in [0.25, 0.3) is 0 Å². The van der Waals surface area contributed by atoms with E-state index in [2.05, 4.69) is 75.5 Å². The molecule has 4 aromatic carbocycles. The molecule has 0 aliphatic heterocycles. The number of esters is 2. The Morgan fingerprint density at radius 3 is 1.04 bits per heavy atom. The second-order valence-corrected chi connectivity index (χ2v) is 18.9. The molecule has 4 atom stereocenters. The standard InChI is InChI=1S/C40H46O7Si2/c1-7-37(41)43-31(5)45-39(9-3)48(33-23-15-11-16-24-33,34-25-17-12-18-26-34)47-49(35-27-19-13-20-28-35,36-29-21-14-22-30-36)40(10-4)46-32(6)44-38(42)8-2/h7-8,11-32,39-40H,1-2,9-10H2,3-6H3. The van der Waals surface area contributed by atoms with Gasteiger partial charge in [-0.2, -0.15) is 0 Å². The molecule has 0 aliphatic rings. The van der Waals surface area contributed by atoms with Crippen LogP contribution in [0.4, 0.5) is 0 Å². The molecule has 0 saturated heterocycles. The average molecular weight is 695 g/mol. The molecule has 0 aromatic heterocycles. The molecule has 4 aromatic rings. The van der Waals surface area contributed by atoms with Crippen molar-refractivity contribution in [1.29, 1.82) is 0 Å². The molecule has 0 saturated carbocycles. The number of benzene rings is 4. The van der Waals surface area contributed by atoms with E-state index in [1.807, 2.05) is 72.8 Å². The van der Waals surface area contributed by atoms with Crippen molar-refractivity contribution in [3.8, 4) is 0 Å². The smallest absolute Gasteiger partial charge is 0.332 e. The summed E-state index contributed by atoms with van der Waals surface area (Å²) in [5.41, 5.74) is -1.06. The van der Waals surface area contributed by atoms with Gasteiger partial charge in [-0.25, -0.2) is 9.59 Å². The molecular weight excluding hydrogens is 649 g/mol. The first kappa shape index (κ1) is 37.4. The Morgan fingerprint density at radius 1 is 0.551 bits per heavy atom. The van der Waals surface area contributed by atoms with Crippen molar-refractivity contribution in [2.24, 2.45) is 0 Å². The second kappa shape index (κ2) is 17.8. The minimum Gasteiger partial charge on any atom is -0.439 e. The Hall–Kier alpha value is -4.39. The van der Waals surface area contributed by atoms with Crippen molar-refractivity contribution < 1.29 is 32.7 Å². The van der Waals surface area contributed by atoms with E-state index < -0.39 is 52.6 Å². The molecule has 0 spiro atoms. The van der Waals surface area contributed by atoms with E-state index in [9.17, 15) is 9.59 Å². The highest BCUT2D eigenvalue weighted by molar-refractivity contribution is 7.10. The minimum absolute atomic E-state index is 0.530. The largest absolute Gasteiger partial charge is 0.439 e. The van der Waals surface area contributed by atoms with Gasteiger partial charge in [-0.1, -0.05) is 148 Å². The van der Waals surface area contributed by atoms with E-state index in [0.29, 0.717) is 12.8 Å². The van der Waals surface area contributed by atoms with Gasteiger partial charge in [-0.3, -0.25) is 0 Å². The quantitative estimate of drug-likeness (QED) is 0.0602. The third-order valence-corrected chi connectivity index (χ3v) is 18.6. The zero-order valence-corrected chi connectivity index (χ0v) is 30.7. The van der Waals surface area contributed by atoms with Gasteiger partial charge in [0.2, 0.25) is 12.6 Å². The zero-order chi connectivity index (χ0) is 35.3. The summed E-state index contributed by atoms with van der Waals surface area (Å²) in [5, 5.41) is 3.94. The molecule has 4 rings (SSSR count). The van der Waals surface area contributed by atoms with E-state index >= 15 is 0 Å². The molecule has 0 N–H and O–H groups in total. The summed E-state index contributed by atoms with van der Waals surface area (Å²) in [6.07, 6.45) is 1.57. The number of carbonyl (C=O) groups excluding carboxylic acids is 2. The van der Waals surface area contributed by atoms with Crippen LogP contribution in [0.3, 0.4) is 0 Å². The molecule has 0 heterocycles. The van der Waals surface area contributed by atoms with Crippen molar-refractivity contribution in [3.63, 3.8) is 0 Å². The van der Waals surface area contributed by atoms with E-state index in [4.69, 9.17) is 23.1 Å². The minimum atomic E-state index is -3.55. The third-order valence-electron chi connectivity index (χ3n) is 8.39. The van der Waals surface area contributed by atoms with E-state index in [-0.39, 0.29) is 0 Å². The van der Waals surface area contributed by atoms with Crippen molar-refractivity contribution in [3.05, 3.63) is 147 Å². The first-order valence-electron chi connectivity index (χ1n) is 16.6. The lowest BCUT2D eigenvalue weighted by molar-refractivity contribution is -0.173. The maximum atomic E-state index is 12.3. The molecule has 4 unspecified atom stereocenters. The molecule has 0 radical (unpaired) electrons. The molecule has 49 heavy (non-hydrogen) atoms. The molecule has 7 nitrogen and oxygen atoms in total. The normalized spacial score (nSPS) is 14.1. The molecule has 0 aliphatic carbocycles. The average Bonchev–Trinajstić information content (AvgIpc) is 3.15. The molecule has 256 valence electrons. The molecule has 0 fully saturated rings. The third kappa shape index (κ3) is 8.62. The second-order valence-electron chi connectivity index (χ2n) is 11.5. The summed E-state index contributed by atoms with van der Waals surface area (Å²) < 4.78 is 33.0. The van der Waals surface area contributed by atoms with E-state index in [0.717, 1.165) is 32.9 Å². The van der Waals surface area contributed by atoms with Gasteiger partial charge in [0.1, 0.15) is 0 Å². The van der Waals surface area contributed by atoms with Crippen molar-refractivity contribution in [2.75, 3.05) is 0 Å². The number of hydrogen-bond donors (Lipinski definition) is 0. The molecule has 0 bridgehead atoms. The summed E-state index contributed by atoms with van der Waals surface area (Å²) in [4.78, 5) is 24.6. The Morgan fingerprint density at radius 2 is 0.816 bits per heavy atom. The Labute approximate surface area is 292 Å². The topological polar surface area (TPSA) is 80.3 Å². The monoisotopic (exact) mass is 694 g/mol. The molecular formula is C40H46O7Si2. The fraction of sp³-hybridized carbons (Fsp3) is 0.250. The number of rotatable bonds is 18. The van der Waals surface area contributed by atoms with Crippen LogP contribution < -0.4 is 20.7 Å². The fourth-order valence-electron chi connectivity index (χ4n) is 6.34. The Balaban J connectivity index is 2.10. The highest BCUT2D eigenvalue weighted by Crippen LogP contribution is 2.29. The summed E-state index contributed by atoms with van der Waals surface area (Å²) in [6.45, 7) is 14.7. The maximum absolute atomic E-state index is 12.3. The fourth-order valence-corrected chi connectivity index (χ4v) is 18.1. The van der Waals surface area contributed by atoms with Crippen LogP contribution in [-0.4, -0.2) is 52.6 Å². The molecule has 9 heteroatoms. The Kier molecular flexibility index (Phi) is 13.6. The summed E-state index contributed by atoms with van der Waals surface area (Å²) >= 11 is 0. The zero-order valence-electron chi connectivity index (χ0n) is 28.7. The lowest BCUT2D eigenvalue weighted by Crippen LogP contribution is -2.81. The summed E-state index contributed by atoms with van der Waals surface area (Å²) in [5.74, 6) is -1.15. The van der Waals surface area contributed by atoms with Gasteiger partial charge in [0.05, 0.1) is 11.5 Å². The number of ether oxygens (including phenoxy) is 4. The van der Waals surface area contributed by atoms with Crippen LogP contribution in [-0.2, 0) is 32.7 Å². The predicted molar refractivity (Wildman–Crippen MR) is 199 cm³/mol.